The minimum atomic E-state index is -0.396. The molecule has 0 aliphatic carbocycles. The molecular weight excluding hydrogens is 251 g/mol. The van der Waals surface area contributed by atoms with Gasteiger partial charge in [-0.1, -0.05) is 12.2 Å². The predicted molar refractivity (Wildman–Crippen MR) is 74.4 cm³/mol. The largest absolute Gasteiger partial charge is 0.389 e. The highest BCUT2D eigenvalue weighted by Crippen LogP contribution is 2.25. The zero-order valence-corrected chi connectivity index (χ0v) is 11.1. The van der Waals surface area contributed by atoms with Gasteiger partial charge in [0.25, 0.3) is 0 Å². The van der Waals surface area contributed by atoms with Gasteiger partial charge in [0, 0.05) is 17.9 Å². The summed E-state index contributed by atoms with van der Waals surface area (Å²) in [5, 5.41) is 3.32. The smallest absolute Gasteiger partial charge is 0.135 e. The van der Waals surface area contributed by atoms with E-state index in [0.717, 1.165) is 25.1 Å². The van der Waals surface area contributed by atoms with Gasteiger partial charge in [0.05, 0.1) is 12.1 Å². The number of rotatable bonds is 3. The van der Waals surface area contributed by atoms with Gasteiger partial charge in [-0.15, -0.1) is 0 Å². The molecule has 0 saturated carbocycles. The van der Waals surface area contributed by atoms with E-state index in [1.165, 1.54) is 6.07 Å². The number of anilines is 1. The van der Waals surface area contributed by atoms with E-state index in [2.05, 4.69) is 12.2 Å². The molecule has 1 heterocycles. The number of benzene rings is 1. The first-order valence-electron chi connectivity index (χ1n) is 5.95. The van der Waals surface area contributed by atoms with Gasteiger partial charge in [0.2, 0.25) is 0 Å². The maximum absolute atomic E-state index is 13.7. The van der Waals surface area contributed by atoms with E-state index in [0.29, 0.717) is 6.61 Å². The molecule has 1 aromatic rings. The van der Waals surface area contributed by atoms with Crippen molar-refractivity contribution in [1.29, 1.82) is 0 Å². The van der Waals surface area contributed by atoms with Gasteiger partial charge in [0.15, 0.2) is 0 Å². The Kier molecular flexibility index (Phi) is 3.82. The summed E-state index contributed by atoms with van der Waals surface area (Å²) >= 11 is 4.77. The monoisotopic (exact) mass is 268 g/mol. The lowest BCUT2D eigenvalue weighted by molar-refractivity contribution is 0.0540. The van der Waals surface area contributed by atoms with Crippen LogP contribution in [0.25, 0.3) is 0 Å². The molecule has 1 aliphatic rings. The van der Waals surface area contributed by atoms with E-state index < -0.39 is 5.82 Å². The van der Waals surface area contributed by atoms with Crippen molar-refractivity contribution in [2.75, 3.05) is 18.5 Å². The Morgan fingerprint density at radius 3 is 2.89 bits per heavy atom. The van der Waals surface area contributed by atoms with Crippen LogP contribution in [0.1, 0.15) is 25.3 Å². The molecule has 1 unspecified atom stereocenters. The van der Waals surface area contributed by atoms with Crippen LogP contribution in [0.3, 0.4) is 0 Å². The second kappa shape index (κ2) is 5.20. The molecule has 98 valence electrons. The topological polar surface area (TPSA) is 47.3 Å². The Morgan fingerprint density at radius 2 is 2.33 bits per heavy atom. The lowest BCUT2D eigenvalue weighted by atomic mass is 9.94. The van der Waals surface area contributed by atoms with Gasteiger partial charge in [-0.3, -0.25) is 0 Å². The fraction of sp³-hybridized carbons (Fsp3) is 0.462. The Morgan fingerprint density at radius 1 is 1.56 bits per heavy atom. The molecule has 0 amide bonds. The van der Waals surface area contributed by atoms with Crippen molar-refractivity contribution in [1.82, 2.24) is 0 Å². The highest BCUT2D eigenvalue weighted by molar-refractivity contribution is 7.80. The van der Waals surface area contributed by atoms with Gasteiger partial charge in [-0.2, -0.15) is 0 Å². The third-order valence-electron chi connectivity index (χ3n) is 3.12. The highest BCUT2D eigenvalue weighted by Gasteiger charge is 2.27. The SMILES string of the molecule is CC1(Nc2ccc(C(N)=S)c(F)c2)CCCOC1. The summed E-state index contributed by atoms with van der Waals surface area (Å²) in [7, 11) is 0. The minimum absolute atomic E-state index is 0.0752. The molecule has 0 aromatic heterocycles. The summed E-state index contributed by atoms with van der Waals surface area (Å²) in [5.74, 6) is -0.396. The summed E-state index contributed by atoms with van der Waals surface area (Å²) in [6, 6.07) is 4.82. The number of hydrogen-bond acceptors (Lipinski definition) is 3. The second-order valence-electron chi connectivity index (χ2n) is 4.90. The Bertz CT molecular complexity index is 458. The van der Waals surface area contributed by atoms with Crippen molar-refractivity contribution in [2.24, 2.45) is 5.73 Å². The molecule has 3 nitrogen and oxygen atoms in total. The first kappa shape index (κ1) is 13.2. The van der Waals surface area contributed by atoms with Crippen molar-refractivity contribution in [2.45, 2.75) is 25.3 Å². The first-order valence-corrected chi connectivity index (χ1v) is 6.36. The van der Waals surface area contributed by atoms with Crippen LogP contribution in [0, 0.1) is 5.82 Å². The molecule has 1 atom stereocenters. The molecule has 0 bridgehead atoms. The van der Waals surface area contributed by atoms with Crippen molar-refractivity contribution in [3.8, 4) is 0 Å². The van der Waals surface area contributed by atoms with Gasteiger partial charge in [-0.05, 0) is 38.0 Å². The van der Waals surface area contributed by atoms with E-state index in [1.807, 2.05) is 0 Å². The summed E-state index contributed by atoms with van der Waals surface area (Å²) in [6.07, 6.45) is 2.02. The zero-order chi connectivity index (χ0) is 13.2. The van der Waals surface area contributed by atoms with E-state index >= 15 is 0 Å². The average Bonchev–Trinajstić information content (AvgIpc) is 2.28. The highest BCUT2D eigenvalue weighted by atomic mass is 32.1. The molecule has 1 aromatic carbocycles. The average molecular weight is 268 g/mol. The molecule has 0 radical (unpaired) electrons. The molecule has 3 N–H and O–H groups in total. The van der Waals surface area contributed by atoms with Crippen LogP contribution in [-0.2, 0) is 4.74 Å². The molecule has 2 rings (SSSR count). The van der Waals surface area contributed by atoms with Crippen LogP contribution in [0.5, 0.6) is 0 Å². The molecule has 18 heavy (non-hydrogen) atoms. The van der Waals surface area contributed by atoms with Gasteiger partial charge >= 0.3 is 0 Å². The molecule has 1 aliphatic heterocycles. The standard InChI is InChI=1S/C13H17FN2OS/c1-13(5-2-6-17-8-13)16-9-3-4-10(12(15)18)11(14)7-9/h3-4,7,16H,2,5-6,8H2,1H3,(H2,15,18). The number of hydrogen-bond donors (Lipinski definition) is 2. The van der Waals surface area contributed by atoms with Crippen molar-refractivity contribution >= 4 is 22.9 Å². The molecule has 5 heteroatoms. The zero-order valence-electron chi connectivity index (χ0n) is 10.3. The third kappa shape index (κ3) is 2.97. The Labute approximate surface area is 112 Å². The van der Waals surface area contributed by atoms with Crippen LogP contribution in [-0.4, -0.2) is 23.7 Å². The maximum atomic E-state index is 13.7. The molecular formula is C13H17FN2OS. The molecule has 1 fully saturated rings. The summed E-state index contributed by atoms with van der Waals surface area (Å²) in [6.45, 7) is 3.50. The minimum Gasteiger partial charge on any atom is -0.389 e. The van der Waals surface area contributed by atoms with E-state index in [-0.39, 0.29) is 16.1 Å². The number of thiocarbonyl (C=S) groups is 1. The van der Waals surface area contributed by atoms with Gasteiger partial charge in [0.1, 0.15) is 10.8 Å². The van der Waals surface area contributed by atoms with Crippen LogP contribution in [0.4, 0.5) is 10.1 Å². The van der Waals surface area contributed by atoms with Crippen molar-refractivity contribution < 1.29 is 9.13 Å². The number of ether oxygens (including phenoxy) is 1. The Balaban J connectivity index is 2.14. The van der Waals surface area contributed by atoms with Crippen molar-refractivity contribution in [3.63, 3.8) is 0 Å². The lowest BCUT2D eigenvalue weighted by Gasteiger charge is -2.35. The second-order valence-corrected chi connectivity index (χ2v) is 5.34. The normalized spacial score (nSPS) is 23.7. The number of nitrogens with one attached hydrogen (secondary N) is 1. The number of halogens is 1. The number of nitrogens with two attached hydrogens (primary N) is 1. The fourth-order valence-corrected chi connectivity index (χ4v) is 2.34. The van der Waals surface area contributed by atoms with Crippen LogP contribution < -0.4 is 11.1 Å². The van der Waals surface area contributed by atoms with E-state index in [1.54, 1.807) is 12.1 Å². The summed E-state index contributed by atoms with van der Waals surface area (Å²) < 4.78 is 19.2. The predicted octanol–water partition coefficient (Wildman–Crippen LogP) is 2.44. The van der Waals surface area contributed by atoms with Crippen molar-refractivity contribution in [3.05, 3.63) is 29.6 Å². The third-order valence-corrected chi connectivity index (χ3v) is 3.34. The Hall–Kier alpha value is -1.20. The fourth-order valence-electron chi connectivity index (χ4n) is 2.17. The molecule has 0 spiro atoms. The molecule has 1 saturated heterocycles. The quantitative estimate of drug-likeness (QED) is 0.827. The van der Waals surface area contributed by atoms with Gasteiger partial charge < -0.3 is 15.8 Å². The van der Waals surface area contributed by atoms with E-state index in [9.17, 15) is 4.39 Å². The maximum Gasteiger partial charge on any atom is 0.135 e. The van der Waals surface area contributed by atoms with Crippen LogP contribution >= 0.6 is 12.2 Å². The van der Waals surface area contributed by atoms with Gasteiger partial charge in [-0.25, -0.2) is 4.39 Å². The first-order chi connectivity index (χ1) is 8.50. The van der Waals surface area contributed by atoms with Crippen LogP contribution in [0.15, 0.2) is 18.2 Å². The van der Waals surface area contributed by atoms with E-state index in [4.69, 9.17) is 22.7 Å². The summed E-state index contributed by atoms with van der Waals surface area (Å²) in [4.78, 5) is 0.0752. The van der Waals surface area contributed by atoms with Crippen LogP contribution in [0.2, 0.25) is 0 Å². The lowest BCUT2D eigenvalue weighted by Crippen LogP contribution is -2.43. The summed E-state index contributed by atoms with van der Waals surface area (Å²) in [5.41, 5.74) is 6.28.